The highest BCUT2D eigenvalue weighted by molar-refractivity contribution is 5.77. The molecule has 0 aromatic heterocycles. The second kappa shape index (κ2) is 3.92. The molecule has 1 aromatic rings. The Morgan fingerprint density at radius 3 is 2.75 bits per heavy atom. The number of aliphatic carboxylic acids is 1. The molecule has 86 valence electrons. The van der Waals surface area contributed by atoms with Crippen LogP contribution in [0.1, 0.15) is 18.4 Å². The number of benzene rings is 1. The normalized spacial score (nSPS) is 15.6. The molecule has 0 amide bonds. The van der Waals surface area contributed by atoms with Crippen LogP contribution in [0.2, 0.25) is 0 Å². The van der Waals surface area contributed by atoms with Crippen LogP contribution < -0.4 is 9.47 Å². The van der Waals surface area contributed by atoms with E-state index in [1.165, 1.54) is 6.92 Å². The van der Waals surface area contributed by atoms with E-state index in [-0.39, 0.29) is 11.5 Å². The first-order valence-corrected chi connectivity index (χ1v) is 4.95. The number of hydrogen-bond donors (Lipinski definition) is 2. The Morgan fingerprint density at radius 2 is 2.06 bits per heavy atom. The number of rotatable bonds is 2. The van der Waals surface area contributed by atoms with Crippen LogP contribution in [-0.2, 0) is 4.79 Å². The summed E-state index contributed by atoms with van der Waals surface area (Å²) in [6, 6.07) is 3.16. The molecule has 1 aliphatic heterocycles. The predicted octanol–water partition coefficient (Wildman–Crippen LogP) is 1.35. The summed E-state index contributed by atoms with van der Waals surface area (Å²) >= 11 is 0. The fourth-order valence-corrected chi connectivity index (χ4v) is 1.60. The maximum absolute atomic E-state index is 10.8. The number of phenolic OH excluding ortho intramolecular Hbond substituents is 1. The SMILES string of the molecule is CC(C(=O)O)c1ccc2c(c1O)OCCO2. The Kier molecular flexibility index (Phi) is 2.60. The van der Waals surface area contributed by atoms with Crippen molar-refractivity contribution in [2.75, 3.05) is 13.2 Å². The van der Waals surface area contributed by atoms with Crippen molar-refractivity contribution in [3.05, 3.63) is 17.7 Å². The quantitative estimate of drug-likeness (QED) is 0.793. The van der Waals surface area contributed by atoms with Crippen molar-refractivity contribution in [3.63, 3.8) is 0 Å². The van der Waals surface area contributed by atoms with Crippen LogP contribution in [0, 0.1) is 0 Å². The predicted molar refractivity (Wildman–Crippen MR) is 55.1 cm³/mol. The van der Waals surface area contributed by atoms with Gasteiger partial charge in [-0.3, -0.25) is 4.79 Å². The van der Waals surface area contributed by atoms with Gasteiger partial charge in [0.15, 0.2) is 11.5 Å². The van der Waals surface area contributed by atoms with Gasteiger partial charge in [-0.2, -0.15) is 0 Å². The fraction of sp³-hybridized carbons (Fsp3) is 0.364. The van der Waals surface area contributed by atoms with Crippen LogP contribution in [0.25, 0.3) is 0 Å². The smallest absolute Gasteiger partial charge is 0.310 e. The molecule has 0 aliphatic carbocycles. The van der Waals surface area contributed by atoms with Crippen molar-refractivity contribution in [2.45, 2.75) is 12.8 Å². The standard InChI is InChI=1S/C11H12O5/c1-6(11(13)14)7-2-3-8-10(9(7)12)16-5-4-15-8/h2-3,6,12H,4-5H2,1H3,(H,13,14). The van der Waals surface area contributed by atoms with Gasteiger partial charge in [0.05, 0.1) is 5.92 Å². The Bertz CT molecular complexity index is 427. The zero-order valence-electron chi connectivity index (χ0n) is 8.77. The van der Waals surface area contributed by atoms with Crippen molar-refractivity contribution in [3.8, 4) is 17.2 Å². The molecular weight excluding hydrogens is 212 g/mol. The molecular formula is C11H12O5. The number of phenols is 1. The van der Waals surface area contributed by atoms with Gasteiger partial charge in [0.25, 0.3) is 0 Å². The summed E-state index contributed by atoms with van der Waals surface area (Å²) in [6.45, 7) is 2.29. The molecule has 1 atom stereocenters. The van der Waals surface area contributed by atoms with Gasteiger partial charge < -0.3 is 19.7 Å². The highest BCUT2D eigenvalue weighted by Gasteiger charge is 2.24. The number of carboxylic acids is 1. The highest BCUT2D eigenvalue weighted by atomic mass is 16.6. The minimum absolute atomic E-state index is 0.146. The van der Waals surface area contributed by atoms with E-state index in [4.69, 9.17) is 14.6 Å². The lowest BCUT2D eigenvalue weighted by Crippen LogP contribution is -2.16. The third-order valence-corrected chi connectivity index (χ3v) is 2.55. The minimum Gasteiger partial charge on any atom is -0.504 e. The fourth-order valence-electron chi connectivity index (χ4n) is 1.60. The molecule has 2 rings (SSSR count). The van der Waals surface area contributed by atoms with E-state index >= 15 is 0 Å². The Balaban J connectivity index is 2.45. The van der Waals surface area contributed by atoms with Crippen LogP contribution in [0.4, 0.5) is 0 Å². The van der Waals surface area contributed by atoms with Gasteiger partial charge in [-0.1, -0.05) is 6.07 Å². The minimum atomic E-state index is -0.994. The van der Waals surface area contributed by atoms with Crippen LogP contribution in [0.15, 0.2) is 12.1 Å². The molecule has 0 spiro atoms. The van der Waals surface area contributed by atoms with Crippen LogP contribution in [0.5, 0.6) is 17.2 Å². The zero-order valence-corrected chi connectivity index (χ0v) is 8.77. The number of carboxylic acid groups (broad SMARTS) is 1. The molecule has 1 unspecified atom stereocenters. The second-order valence-corrected chi connectivity index (χ2v) is 3.59. The van der Waals surface area contributed by atoms with E-state index in [2.05, 4.69) is 0 Å². The Hall–Kier alpha value is -1.91. The second-order valence-electron chi connectivity index (χ2n) is 3.59. The van der Waals surface area contributed by atoms with Crippen LogP contribution in [0.3, 0.4) is 0 Å². The van der Waals surface area contributed by atoms with Crippen molar-refractivity contribution in [1.29, 1.82) is 0 Å². The van der Waals surface area contributed by atoms with Gasteiger partial charge in [0, 0.05) is 5.56 Å². The summed E-state index contributed by atoms with van der Waals surface area (Å²) in [5, 5.41) is 18.8. The first-order chi connectivity index (χ1) is 7.61. The molecule has 1 aromatic carbocycles. The number of carbonyl (C=O) groups is 1. The van der Waals surface area contributed by atoms with E-state index in [0.717, 1.165) is 0 Å². The molecule has 1 heterocycles. The molecule has 0 fully saturated rings. The third kappa shape index (κ3) is 1.64. The molecule has 5 nitrogen and oxygen atoms in total. The third-order valence-electron chi connectivity index (χ3n) is 2.55. The Labute approximate surface area is 92.2 Å². The molecule has 2 N–H and O–H groups in total. The number of hydrogen-bond acceptors (Lipinski definition) is 4. The summed E-state index contributed by atoms with van der Waals surface area (Å²) in [6.07, 6.45) is 0. The summed E-state index contributed by atoms with van der Waals surface area (Å²) in [5.74, 6) is -1.24. The molecule has 0 radical (unpaired) electrons. The van der Waals surface area contributed by atoms with Gasteiger partial charge in [-0.05, 0) is 13.0 Å². The van der Waals surface area contributed by atoms with Gasteiger partial charge in [-0.25, -0.2) is 0 Å². The maximum atomic E-state index is 10.8. The van der Waals surface area contributed by atoms with E-state index in [1.54, 1.807) is 12.1 Å². The first-order valence-electron chi connectivity index (χ1n) is 4.95. The summed E-state index contributed by atoms with van der Waals surface area (Å²) in [5.41, 5.74) is 0.330. The lowest BCUT2D eigenvalue weighted by Gasteiger charge is -2.21. The summed E-state index contributed by atoms with van der Waals surface area (Å²) in [4.78, 5) is 10.8. The number of fused-ring (bicyclic) bond motifs is 1. The molecule has 1 aliphatic rings. The Morgan fingerprint density at radius 1 is 1.38 bits per heavy atom. The number of aromatic hydroxyl groups is 1. The van der Waals surface area contributed by atoms with Gasteiger partial charge in [-0.15, -0.1) is 0 Å². The lowest BCUT2D eigenvalue weighted by atomic mass is 9.99. The van der Waals surface area contributed by atoms with E-state index in [1.807, 2.05) is 0 Å². The maximum Gasteiger partial charge on any atom is 0.310 e. The van der Waals surface area contributed by atoms with Crippen molar-refractivity contribution in [2.24, 2.45) is 0 Å². The molecule has 16 heavy (non-hydrogen) atoms. The van der Waals surface area contributed by atoms with Gasteiger partial charge in [0.1, 0.15) is 13.2 Å². The number of ether oxygens (including phenoxy) is 2. The van der Waals surface area contributed by atoms with E-state index in [0.29, 0.717) is 24.5 Å². The zero-order chi connectivity index (χ0) is 11.7. The van der Waals surface area contributed by atoms with Gasteiger partial charge >= 0.3 is 5.97 Å². The van der Waals surface area contributed by atoms with Crippen molar-refractivity contribution in [1.82, 2.24) is 0 Å². The van der Waals surface area contributed by atoms with E-state index < -0.39 is 11.9 Å². The summed E-state index contributed by atoms with van der Waals surface area (Å²) in [7, 11) is 0. The highest BCUT2D eigenvalue weighted by Crippen LogP contribution is 2.43. The molecule has 0 saturated heterocycles. The van der Waals surface area contributed by atoms with Crippen LogP contribution >= 0.6 is 0 Å². The lowest BCUT2D eigenvalue weighted by molar-refractivity contribution is -0.138. The van der Waals surface area contributed by atoms with Crippen molar-refractivity contribution >= 4 is 5.97 Å². The molecule has 0 bridgehead atoms. The largest absolute Gasteiger partial charge is 0.504 e. The average molecular weight is 224 g/mol. The van der Waals surface area contributed by atoms with E-state index in [9.17, 15) is 9.90 Å². The monoisotopic (exact) mass is 224 g/mol. The average Bonchev–Trinajstić information content (AvgIpc) is 2.29. The molecule has 0 saturated carbocycles. The summed E-state index contributed by atoms with van der Waals surface area (Å²) < 4.78 is 10.5. The topological polar surface area (TPSA) is 76.0 Å². The van der Waals surface area contributed by atoms with Gasteiger partial charge in [0.2, 0.25) is 5.75 Å². The van der Waals surface area contributed by atoms with Crippen LogP contribution in [-0.4, -0.2) is 29.4 Å². The first kappa shape index (κ1) is 10.6. The molecule has 5 heteroatoms. The van der Waals surface area contributed by atoms with Crippen molar-refractivity contribution < 1.29 is 24.5 Å².